The van der Waals surface area contributed by atoms with Crippen LogP contribution in [-0.4, -0.2) is 34.8 Å². The number of amides is 1. The van der Waals surface area contributed by atoms with E-state index in [0.29, 0.717) is 6.42 Å². The van der Waals surface area contributed by atoms with Crippen molar-refractivity contribution in [2.45, 2.75) is 65.0 Å². The molecule has 1 aliphatic rings. The maximum absolute atomic E-state index is 12.3. The maximum Gasteiger partial charge on any atom is 0.328 e. The fourth-order valence-corrected chi connectivity index (χ4v) is 3.09. The smallest absolute Gasteiger partial charge is 0.328 e. The van der Waals surface area contributed by atoms with E-state index in [9.17, 15) is 14.4 Å². The first-order valence-corrected chi connectivity index (χ1v) is 8.87. The predicted molar refractivity (Wildman–Crippen MR) is 93.2 cm³/mol. The Hall–Kier alpha value is -2.18. The summed E-state index contributed by atoms with van der Waals surface area (Å²) in [4.78, 5) is 36.3. The first-order chi connectivity index (χ1) is 11.9. The van der Waals surface area contributed by atoms with Gasteiger partial charge in [-0.2, -0.15) is 5.10 Å². The molecule has 0 saturated carbocycles. The first-order valence-electron chi connectivity index (χ1n) is 8.87. The second-order valence-electron chi connectivity index (χ2n) is 6.95. The quantitative estimate of drug-likeness (QED) is 0.616. The van der Waals surface area contributed by atoms with Crippen LogP contribution in [0.25, 0.3) is 0 Å². The van der Waals surface area contributed by atoms with Gasteiger partial charge in [0.05, 0.1) is 12.8 Å². The van der Waals surface area contributed by atoms with Crippen LogP contribution in [0.5, 0.6) is 0 Å². The third-order valence-electron chi connectivity index (χ3n) is 4.35. The molecule has 0 bridgehead atoms. The number of hydrogen-bond acceptors (Lipinski definition) is 5. The second kappa shape index (κ2) is 8.78. The molecular formula is C18H27N3O4. The van der Waals surface area contributed by atoms with Gasteiger partial charge in [0.2, 0.25) is 5.91 Å². The minimum absolute atomic E-state index is 0.197. The van der Waals surface area contributed by atoms with Crippen molar-refractivity contribution < 1.29 is 14.3 Å². The second-order valence-corrected chi connectivity index (χ2v) is 6.95. The molecule has 1 aliphatic carbocycles. The van der Waals surface area contributed by atoms with Crippen LogP contribution in [0.3, 0.4) is 0 Å². The van der Waals surface area contributed by atoms with Gasteiger partial charge in [0, 0.05) is 6.07 Å². The molecule has 138 valence electrons. The molecule has 1 aromatic heterocycles. The number of hydrogen-bond donors (Lipinski definition) is 1. The molecule has 7 nitrogen and oxygen atoms in total. The largest absolute Gasteiger partial charge is 0.467 e. The first kappa shape index (κ1) is 19.1. The average molecular weight is 349 g/mol. The molecule has 1 atom stereocenters. The number of rotatable bonds is 6. The molecule has 1 aromatic rings. The predicted octanol–water partition coefficient (Wildman–Crippen LogP) is 1.22. The van der Waals surface area contributed by atoms with E-state index in [1.807, 2.05) is 13.8 Å². The van der Waals surface area contributed by atoms with Crippen LogP contribution in [-0.2, 0) is 33.7 Å². The third-order valence-corrected chi connectivity index (χ3v) is 4.35. The highest BCUT2D eigenvalue weighted by molar-refractivity contribution is 5.84. The summed E-state index contributed by atoms with van der Waals surface area (Å²) in [5.74, 6) is -0.679. The van der Waals surface area contributed by atoms with E-state index in [4.69, 9.17) is 4.74 Å². The fourth-order valence-electron chi connectivity index (χ4n) is 3.09. The van der Waals surface area contributed by atoms with Gasteiger partial charge in [-0.15, -0.1) is 0 Å². The average Bonchev–Trinajstić information content (AvgIpc) is 2.78. The lowest BCUT2D eigenvalue weighted by Crippen LogP contribution is -2.45. The van der Waals surface area contributed by atoms with Crippen molar-refractivity contribution in [2.75, 3.05) is 7.11 Å². The normalized spacial score (nSPS) is 15.2. The van der Waals surface area contributed by atoms with Crippen molar-refractivity contribution in [3.63, 3.8) is 0 Å². The van der Waals surface area contributed by atoms with E-state index < -0.39 is 17.9 Å². The van der Waals surface area contributed by atoms with Crippen LogP contribution in [0.15, 0.2) is 10.9 Å². The zero-order chi connectivity index (χ0) is 18.4. The summed E-state index contributed by atoms with van der Waals surface area (Å²) in [5.41, 5.74) is 1.61. The Morgan fingerprint density at radius 2 is 2.00 bits per heavy atom. The van der Waals surface area contributed by atoms with Gasteiger partial charge in [-0.1, -0.05) is 20.3 Å². The van der Waals surface area contributed by atoms with Crippen molar-refractivity contribution in [3.8, 4) is 0 Å². The summed E-state index contributed by atoms with van der Waals surface area (Å²) >= 11 is 0. The molecule has 0 spiro atoms. The lowest BCUT2D eigenvalue weighted by atomic mass is 10.0. The highest BCUT2D eigenvalue weighted by atomic mass is 16.5. The standard InChI is InChI=1S/C18H27N3O4/c1-12(2)9-15(18(24)25-3)19-16(22)11-21-17(23)10-13-7-5-4-6-8-14(13)20-21/h10,12,15H,4-9,11H2,1-3H3,(H,19,22)/t15-/m0/s1. The molecule has 0 unspecified atom stereocenters. The van der Waals surface area contributed by atoms with Crippen LogP contribution in [0.2, 0.25) is 0 Å². The SMILES string of the molecule is COC(=O)[C@H](CC(C)C)NC(=O)Cn1nc2c(cc1=O)CCCCC2. The van der Waals surface area contributed by atoms with Gasteiger partial charge in [-0.3, -0.25) is 9.59 Å². The summed E-state index contributed by atoms with van der Waals surface area (Å²) < 4.78 is 5.92. The Kier molecular flexibility index (Phi) is 6.73. The van der Waals surface area contributed by atoms with Gasteiger partial charge in [0.1, 0.15) is 12.6 Å². The topological polar surface area (TPSA) is 90.3 Å². The van der Waals surface area contributed by atoms with E-state index in [1.165, 1.54) is 11.8 Å². The summed E-state index contributed by atoms with van der Waals surface area (Å²) in [6, 6.07) is 0.876. The van der Waals surface area contributed by atoms with Crippen molar-refractivity contribution in [1.29, 1.82) is 0 Å². The zero-order valence-corrected chi connectivity index (χ0v) is 15.2. The fraction of sp³-hybridized carbons (Fsp3) is 0.667. The molecule has 1 amide bonds. The van der Waals surface area contributed by atoms with Crippen molar-refractivity contribution >= 4 is 11.9 Å². The molecule has 0 saturated heterocycles. The van der Waals surface area contributed by atoms with Gasteiger partial charge in [-0.25, -0.2) is 9.48 Å². The Morgan fingerprint density at radius 1 is 1.28 bits per heavy atom. The van der Waals surface area contributed by atoms with Gasteiger partial charge in [0.25, 0.3) is 5.56 Å². The summed E-state index contributed by atoms with van der Waals surface area (Å²) in [6.07, 6.45) is 5.41. The summed E-state index contributed by atoms with van der Waals surface area (Å²) in [7, 11) is 1.29. The van der Waals surface area contributed by atoms with E-state index in [1.54, 1.807) is 6.07 Å². The number of esters is 1. The van der Waals surface area contributed by atoms with E-state index in [0.717, 1.165) is 43.4 Å². The molecule has 2 rings (SSSR count). The molecule has 0 radical (unpaired) electrons. The Labute approximate surface area is 147 Å². The van der Waals surface area contributed by atoms with E-state index in [2.05, 4.69) is 10.4 Å². The highest BCUT2D eigenvalue weighted by Gasteiger charge is 2.23. The van der Waals surface area contributed by atoms with Gasteiger partial charge < -0.3 is 10.1 Å². The Balaban J connectivity index is 2.10. The van der Waals surface area contributed by atoms with Crippen LogP contribution >= 0.6 is 0 Å². The van der Waals surface area contributed by atoms with E-state index >= 15 is 0 Å². The number of aromatic nitrogens is 2. The summed E-state index contributed by atoms with van der Waals surface area (Å²) in [6.45, 7) is 3.72. The molecule has 25 heavy (non-hydrogen) atoms. The molecular weight excluding hydrogens is 322 g/mol. The molecule has 1 heterocycles. The third kappa shape index (κ3) is 5.41. The van der Waals surface area contributed by atoms with Crippen molar-refractivity contribution in [3.05, 3.63) is 27.7 Å². The monoisotopic (exact) mass is 349 g/mol. The van der Waals surface area contributed by atoms with Crippen LogP contribution < -0.4 is 10.9 Å². The number of nitrogens with zero attached hydrogens (tertiary/aromatic N) is 2. The van der Waals surface area contributed by atoms with Crippen molar-refractivity contribution in [1.82, 2.24) is 15.1 Å². The van der Waals surface area contributed by atoms with Crippen molar-refractivity contribution in [2.24, 2.45) is 5.92 Å². The van der Waals surface area contributed by atoms with Crippen LogP contribution in [0, 0.1) is 5.92 Å². The van der Waals surface area contributed by atoms with Crippen LogP contribution in [0.4, 0.5) is 0 Å². The maximum atomic E-state index is 12.3. The van der Waals surface area contributed by atoms with Gasteiger partial charge in [0.15, 0.2) is 0 Å². The number of fused-ring (bicyclic) bond motifs is 1. The molecule has 7 heteroatoms. The minimum Gasteiger partial charge on any atom is -0.467 e. The number of nitrogens with one attached hydrogen (secondary N) is 1. The Bertz CT molecular complexity index is 681. The number of ether oxygens (including phenoxy) is 1. The summed E-state index contributed by atoms with van der Waals surface area (Å²) in [5, 5.41) is 7.03. The number of carbonyl (C=O) groups is 2. The molecule has 0 aromatic carbocycles. The molecule has 0 aliphatic heterocycles. The van der Waals surface area contributed by atoms with Crippen LogP contribution in [0.1, 0.15) is 50.8 Å². The molecule has 1 N–H and O–H groups in total. The van der Waals surface area contributed by atoms with Gasteiger partial charge in [-0.05, 0) is 43.6 Å². The van der Waals surface area contributed by atoms with Gasteiger partial charge >= 0.3 is 5.97 Å². The molecule has 0 fully saturated rings. The lowest BCUT2D eigenvalue weighted by Gasteiger charge is -2.18. The number of carbonyl (C=O) groups excluding carboxylic acids is 2. The lowest BCUT2D eigenvalue weighted by molar-refractivity contribution is -0.145. The minimum atomic E-state index is -0.714. The number of aryl methyl sites for hydroxylation is 2. The highest BCUT2D eigenvalue weighted by Crippen LogP contribution is 2.16. The number of methoxy groups -OCH3 is 1. The Morgan fingerprint density at radius 3 is 2.68 bits per heavy atom. The zero-order valence-electron chi connectivity index (χ0n) is 15.2. The van der Waals surface area contributed by atoms with E-state index in [-0.39, 0.29) is 18.0 Å².